The first-order valence-corrected chi connectivity index (χ1v) is 18.5. The summed E-state index contributed by atoms with van der Waals surface area (Å²) in [5, 5.41) is 0. The van der Waals surface area contributed by atoms with Crippen molar-refractivity contribution in [2.45, 2.75) is 26.2 Å². The molecule has 7 aromatic rings. The Morgan fingerprint density at radius 2 is 1.02 bits per heavy atom. The van der Waals surface area contributed by atoms with Crippen molar-refractivity contribution in [3.05, 3.63) is 202 Å². The third-order valence-electron chi connectivity index (χ3n) is 11.0. The predicted octanol–water partition coefficient (Wildman–Crippen LogP) is 13.6. The summed E-state index contributed by atoms with van der Waals surface area (Å²) in [6, 6.07) is 50.0. The van der Waals surface area contributed by atoms with Crippen LogP contribution in [0, 0.1) is 13.8 Å². The lowest BCUT2D eigenvalue weighted by atomic mass is 9.63. The van der Waals surface area contributed by atoms with Crippen LogP contribution in [-0.4, -0.2) is 0 Å². The molecule has 0 fully saturated rings. The van der Waals surface area contributed by atoms with Crippen LogP contribution in [0.25, 0.3) is 12.2 Å². The van der Waals surface area contributed by atoms with Gasteiger partial charge in [-0.1, -0.05) is 116 Å². The van der Waals surface area contributed by atoms with Crippen LogP contribution in [0.2, 0.25) is 0 Å². The number of allylic oxidation sites excluding steroid dienone is 1. The van der Waals surface area contributed by atoms with E-state index in [0.717, 1.165) is 50.5 Å². The van der Waals surface area contributed by atoms with Crippen molar-refractivity contribution in [2.24, 2.45) is 0 Å². The Balaban J connectivity index is 1.35. The molecular weight excluding hydrogens is 679 g/mol. The Hall–Kier alpha value is -6.98. The first kappa shape index (κ1) is 32.7. The number of benzene rings is 7. The first-order chi connectivity index (χ1) is 26.9. The van der Waals surface area contributed by atoms with Gasteiger partial charge < -0.3 is 23.8 Å². The summed E-state index contributed by atoms with van der Waals surface area (Å²) in [6.07, 6.45) is 4.29. The molecule has 5 heteroatoms. The summed E-state index contributed by atoms with van der Waals surface area (Å²) in [5.74, 6) is 5.19. The monoisotopic (exact) mass is 715 g/mol. The number of nitrogens with zero attached hydrogens (tertiary/aromatic N) is 1. The molecular formula is C50H37NO4. The maximum Gasteiger partial charge on any atom is 0.194 e. The van der Waals surface area contributed by atoms with Crippen molar-refractivity contribution in [1.82, 2.24) is 0 Å². The van der Waals surface area contributed by atoms with Crippen LogP contribution in [0.15, 0.2) is 158 Å². The molecule has 0 bridgehead atoms. The minimum absolute atomic E-state index is 0.611. The van der Waals surface area contributed by atoms with Gasteiger partial charge in [0.1, 0.15) is 0 Å². The number of rotatable bonds is 5. The van der Waals surface area contributed by atoms with Crippen LogP contribution in [0.3, 0.4) is 0 Å². The highest BCUT2D eigenvalue weighted by molar-refractivity contribution is 5.92. The second-order valence-corrected chi connectivity index (χ2v) is 14.3. The van der Waals surface area contributed by atoms with E-state index in [0.29, 0.717) is 46.0 Å². The van der Waals surface area contributed by atoms with Gasteiger partial charge in [-0.3, -0.25) is 0 Å². The zero-order valence-electron chi connectivity index (χ0n) is 30.8. The van der Waals surface area contributed by atoms with Crippen LogP contribution in [-0.2, 0) is 5.41 Å². The van der Waals surface area contributed by atoms with Gasteiger partial charge in [0.15, 0.2) is 46.0 Å². The molecule has 0 saturated carbocycles. The molecule has 0 N–H and O–H groups in total. The van der Waals surface area contributed by atoms with Gasteiger partial charge in [0.25, 0.3) is 0 Å². The highest BCUT2D eigenvalue weighted by Crippen LogP contribution is 2.61. The molecule has 0 amide bonds. The molecule has 0 unspecified atom stereocenters. The molecule has 10 rings (SSSR count). The van der Waals surface area contributed by atoms with Gasteiger partial charge in [-0.25, -0.2) is 0 Å². The molecule has 266 valence electrons. The molecule has 7 aromatic carbocycles. The van der Waals surface area contributed by atoms with Crippen LogP contribution >= 0.6 is 0 Å². The third kappa shape index (κ3) is 5.00. The maximum atomic E-state index is 7.02. The van der Waals surface area contributed by atoms with E-state index in [9.17, 15) is 0 Å². The Labute approximate surface area is 321 Å². The molecule has 0 atom stereocenters. The Morgan fingerprint density at radius 3 is 1.60 bits per heavy atom. The number of anilines is 2. The van der Waals surface area contributed by atoms with E-state index in [-0.39, 0.29) is 0 Å². The number of para-hydroxylation sites is 4. The fraction of sp³-hybridized carbons (Fsp3) is 0.0800. The second kappa shape index (κ2) is 12.6. The van der Waals surface area contributed by atoms with Crippen molar-refractivity contribution in [3.63, 3.8) is 0 Å². The van der Waals surface area contributed by atoms with Gasteiger partial charge in [0.2, 0.25) is 0 Å². The van der Waals surface area contributed by atoms with E-state index >= 15 is 0 Å². The minimum atomic E-state index is -0.875. The smallest absolute Gasteiger partial charge is 0.194 e. The lowest BCUT2D eigenvalue weighted by molar-refractivity contribution is 0.357. The molecule has 2 heterocycles. The summed E-state index contributed by atoms with van der Waals surface area (Å²) in [7, 11) is 0. The summed E-state index contributed by atoms with van der Waals surface area (Å²) >= 11 is 0. The average Bonchev–Trinajstić information content (AvgIpc) is 3.37. The third-order valence-corrected chi connectivity index (χ3v) is 11.0. The summed E-state index contributed by atoms with van der Waals surface area (Å²) in [4.78, 5) is 2.18. The zero-order chi connectivity index (χ0) is 37.3. The molecule has 1 aliphatic carbocycles. The Bertz CT molecular complexity index is 2670. The van der Waals surface area contributed by atoms with E-state index in [2.05, 4.69) is 128 Å². The SMILES string of the molecule is C=C(C)N(c1ccc(C)c(C)c1)c1cc2c(c3c1Oc1ccccc1O3)C=Cc1c(ccc3c1Oc1ccccc1O3)C2(c1ccccc1)c1ccccc1. The average molecular weight is 716 g/mol. The number of hydrogen-bond donors (Lipinski definition) is 0. The van der Waals surface area contributed by atoms with E-state index in [4.69, 9.17) is 18.9 Å². The number of fused-ring (bicyclic) bond motifs is 8. The highest BCUT2D eigenvalue weighted by atomic mass is 16.6. The Kier molecular flexibility index (Phi) is 7.46. The fourth-order valence-corrected chi connectivity index (χ4v) is 8.33. The lowest BCUT2D eigenvalue weighted by Crippen LogP contribution is -2.33. The molecule has 0 spiro atoms. The van der Waals surface area contributed by atoms with Crippen molar-refractivity contribution in [3.8, 4) is 46.0 Å². The normalized spacial score (nSPS) is 13.7. The minimum Gasteiger partial charge on any atom is -0.449 e. The van der Waals surface area contributed by atoms with Crippen molar-refractivity contribution in [1.29, 1.82) is 0 Å². The van der Waals surface area contributed by atoms with Gasteiger partial charge in [-0.15, -0.1) is 0 Å². The van der Waals surface area contributed by atoms with Gasteiger partial charge in [0, 0.05) is 22.5 Å². The van der Waals surface area contributed by atoms with Crippen molar-refractivity contribution >= 4 is 23.5 Å². The molecule has 55 heavy (non-hydrogen) atoms. The standard InChI is InChI=1S/C50H37NO4/c1-31(2)51(36-24-23-32(3)33(4)29-36)41-30-40-38(48-49(41)55-45-22-14-13-21-44(45)54-48)26-25-37-39(27-28-46-47(37)53-43-20-12-11-19-42(43)52-46)50(40,34-15-7-5-8-16-34)35-17-9-6-10-18-35/h5-30H,1H2,2-4H3. The van der Waals surface area contributed by atoms with E-state index in [1.54, 1.807) is 0 Å². The summed E-state index contributed by atoms with van der Waals surface area (Å²) < 4.78 is 27.2. The number of aryl methyl sites for hydroxylation is 2. The van der Waals surface area contributed by atoms with Crippen LogP contribution < -0.4 is 23.8 Å². The predicted molar refractivity (Wildman–Crippen MR) is 220 cm³/mol. The summed E-state index contributed by atoms with van der Waals surface area (Å²) in [5.41, 5.74) is 10.2. The van der Waals surface area contributed by atoms with E-state index < -0.39 is 5.41 Å². The first-order valence-electron chi connectivity index (χ1n) is 18.5. The molecule has 0 saturated heterocycles. The van der Waals surface area contributed by atoms with Crippen LogP contribution in [0.1, 0.15) is 51.4 Å². The topological polar surface area (TPSA) is 40.2 Å². The second-order valence-electron chi connectivity index (χ2n) is 14.3. The van der Waals surface area contributed by atoms with Gasteiger partial charge >= 0.3 is 0 Å². The molecule has 2 aliphatic heterocycles. The molecule has 3 aliphatic rings. The number of ether oxygens (including phenoxy) is 4. The summed E-state index contributed by atoms with van der Waals surface area (Å²) in [6.45, 7) is 10.8. The molecule has 5 nitrogen and oxygen atoms in total. The van der Waals surface area contributed by atoms with Gasteiger partial charge in [-0.05, 0) is 103 Å². The highest BCUT2D eigenvalue weighted by Gasteiger charge is 2.46. The van der Waals surface area contributed by atoms with Crippen molar-refractivity contribution < 1.29 is 18.9 Å². The fourth-order valence-electron chi connectivity index (χ4n) is 8.33. The van der Waals surface area contributed by atoms with Crippen molar-refractivity contribution in [2.75, 3.05) is 4.90 Å². The maximum absolute atomic E-state index is 7.02. The van der Waals surface area contributed by atoms with Gasteiger partial charge in [-0.2, -0.15) is 0 Å². The Morgan fingerprint density at radius 1 is 0.491 bits per heavy atom. The van der Waals surface area contributed by atoms with E-state index in [1.165, 1.54) is 11.1 Å². The quantitative estimate of drug-likeness (QED) is 0.177. The lowest BCUT2D eigenvalue weighted by Gasteiger charge is -2.40. The number of hydrogen-bond acceptors (Lipinski definition) is 5. The van der Waals surface area contributed by atoms with Crippen LogP contribution in [0.4, 0.5) is 11.4 Å². The molecule has 0 radical (unpaired) electrons. The van der Waals surface area contributed by atoms with Gasteiger partial charge in [0.05, 0.1) is 11.1 Å². The largest absolute Gasteiger partial charge is 0.449 e. The van der Waals surface area contributed by atoms with Crippen LogP contribution in [0.5, 0.6) is 46.0 Å². The zero-order valence-corrected chi connectivity index (χ0v) is 30.8. The molecule has 0 aromatic heterocycles. The van der Waals surface area contributed by atoms with E-state index in [1.807, 2.05) is 61.5 Å².